The summed E-state index contributed by atoms with van der Waals surface area (Å²) < 4.78 is 5.37. The second-order valence-corrected chi connectivity index (χ2v) is 7.94. The fraction of sp³-hybridized carbons (Fsp3) is 0.292. The standard InChI is InChI=1S/C24H26ClN5O2/c25-21-7-6-19(16-20(21)22-4-1-2-9-26-22)29-24(31)18-5-8-23(28-17-18)27-10-3-11-30-12-14-32-15-13-30/h1-2,4-9,16-17H,3,10-15H2,(H,27,28)(H,29,31). The van der Waals surface area contributed by atoms with Crippen molar-refractivity contribution in [2.24, 2.45) is 0 Å². The fourth-order valence-electron chi connectivity index (χ4n) is 3.50. The van der Waals surface area contributed by atoms with Gasteiger partial charge in [0.2, 0.25) is 0 Å². The highest BCUT2D eigenvalue weighted by Gasteiger charge is 2.11. The molecule has 2 N–H and O–H groups in total. The molecule has 4 rings (SSSR count). The van der Waals surface area contributed by atoms with Gasteiger partial charge in [0.05, 0.1) is 29.5 Å². The number of halogens is 1. The van der Waals surface area contributed by atoms with Crippen LogP contribution in [-0.2, 0) is 4.74 Å². The normalized spacial score (nSPS) is 14.2. The number of benzene rings is 1. The number of nitrogens with zero attached hydrogens (tertiary/aromatic N) is 3. The number of carbonyl (C=O) groups excluding carboxylic acids is 1. The first kappa shape index (κ1) is 22.2. The summed E-state index contributed by atoms with van der Waals surface area (Å²) in [5.41, 5.74) is 2.64. The van der Waals surface area contributed by atoms with Gasteiger partial charge in [-0.2, -0.15) is 0 Å². The van der Waals surface area contributed by atoms with Crippen molar-refractivity contribution in [3.8, 4) is 11.3 Å². The molecule has 1 aliphatic heterocycles. The maximum absolute atomic E-state index is 12.7. The molecule has 7 nitrogen and oxygen atoms in total. The second-order valence-electron chi connectivity index (χ2n) is 7.53. The van der Waals surface area contributed by atoms with Crippen molar-refractivity contribution in [3.63, 3.8) is 0 Å². The van der Waals surface area contributed by atoms with E-state index in [9.17, 15) is 4.79 Å². The molecular weight excluding hydrogens is 426 g/mol. The van der Waals surface area contributed by atoms with Crippen molar-refractivity contribution in [2.75, 3.05) is 50.0 Å². The Morgan fingerprint density at radius 3 is 2.72 bits per heavy atom. The van der Waals surface area contributed by atoms with Crippen LogP contribution in [0.1, 0.15) is 16.8 Å². The molecule has 0 spiro atoms. The summed E-state index contributed by atoms with van der Waals surface area (Å²) >= 11 is 6.32. The molecule has 0 bridgehead atoms. The van der Waals surface area contributed by atoms with Crippen molar-refractivity contribution in [2.45, 2.75) is 6.42 Å². The highest BCUT2D eigenvalue weighted by molar-refractivity contribution is 6.33. The molecular formula is C24H26ClN5O2. The van der Waals surface area contributed by atoms with E-state index < -0.39 is 0 Å². The fourth-order valence-corrected chi connectivity index (χ4v) is 3.72. The van der Waals surface area contributed by atoms with E-state index in [0.717, 1.165) is 62.9 Å². The maximum atomic E-state index is 12.7. The second kappa shape index (κ2) is 11.0. The molecule has 0 unspecified atom stereocenters. The minimum atomic E-state index is -0.231. The van der Waals surface area contributed by atoms with Crippen LogP contribution in [0, 0.1) is 0 Å². The Morgan fingerprint density at radius 1 is 1.09 bits per heavy atom. The summed E-state index contributed by atoms with van der Waals surface area (Å²) in [4.78, 5) is 23.8. The van der Waals surface area contributed by atoms with Crippen molar-refractivity contribution < 1.29 is 9.53 Å². The summed E-state index contributed by atoms with van der Waals surface area (Å²) in [6.45, 7) is 5.51. The monoisotopic (exact) mass is 451 g/mol. The minimum absolute atomic E-state index is 0.231. The van der Waals surface area contributed by atoms with Gasteiger partial charge >= 0.3 is 0 Å². The molecule has 0 atom stereocenters. The lowest BCUT2D eigenvalue weighted by atomic mass is 10.1. The SMILES string of the molecule is O=C(Nc1ccc(Cl)c(-c2ccccn2)c1)c1ccc(NCCCN2CCOCC2)nc1. The first-order chi connectivity index (χ1) is 15.7. The number of amides is 1. The van der Waals surface area contributed by atoms with Crippen LogP contribution in [0.2, 0.25) is 5.02 Å². The molecule has 1 amide bonds. The average molecular weight is 452 g/mol. The lowest BCUT2D eigenvalue weighted by Crippen LogP contribution is -2.37. The Morgan fingerprint density at radius 2 is 1.97 bits per heavy atom. The molecule has 2 aromatic heterocycles. The zero-order valence-electron chi connectivity index (χ0n) is 17.8. The van der Waals surface area contributed by atoms with Crippen LogP contribution < -0.4 is 10.6 Å². The van der Waals surface area contributed by atoms with E-state index in [4.69, 9.17) is 16.3 Å². The Balaban J connectivity index is 1.30. The Hall–Kier alpha value is -3.00. The molecule has 0 saturated carbocycles. The number of anilines is 2. The number of nitrogens with one attached hydrogen (secondary N) is 2. The molecule has 1 aliphatic rings. The van der Waals surface area contributed by atoms with Gasteiger partial charge in [-0.1, -0.05) is 17.7 Å². The number of hydrogen-bond acceptors (Lipinski definition) is 6. The van der Waals surface area contributed by atoms with Crippen molar-refractivity contribution in [3.05, 3.63) is 71.5 Å². The predicted molar refractivity (Wildman–Crippen MR) is 127 cm³/mol. The number of rotatable bonds is 8. The third-order valence-corrected chi connectivity index (χ3v) is 5.58. The quantitative estimate of drug-likeness (QED) is 0.500. The zero-order chi connectivity index (χ0) is 22.2. The van der Waals surface area contributed by atoms with Gasteiger partial charge < -0.3 is 15.4 Å². The summed E-state index contributed by atoms with van der Waals surface area (Å²) in [5.74, 6) is 0.526. The van der Waals surface area contributed by atoms with E-state index in [0.29, 0.717) is 16.3 Å². The number of pyridine rings is 2. The first-order valence-electron chi connectivity index (χ1n) is 10.7. The van der Waals surface area contributed by atoms with Crippen LogP contribution >= 0.6 is 11.6 Å². The molecule has 32 heavy (non-hydrogen) atoms. The van der Waals surface area contributed by atoms with E-state index >= 15 is 0 Å². The molecule has 8 heteroatoms. The van der Waals surface area contributed by atoms with E-state index in [1.54, 1.807) is 30.6 Å². The molecule has 0 aliphatic carbocycles. The number of ether oxygens (including phenoxy) is 1. The van der Waals surface area contributed by atoms with Crippen LogP contribution in [0.4, 0.5) is 11.5 Å². The molecule has 1 saturated heterocycles. The van der Waals surface area contributed by atoms with Gasteiger partial charge in [-0.05, 0) is 55.4 Å². The van der Waals surface area contributed by atoms with E-state index in [1.807, 2.05) is 30.3 Å². The molecule has 0 radical (unpaired) electrons. The smallest absolute Gasteiger partial charge is 0.257 e. The minimum Gasteiger partial charge on any atom is -0.379 e. The van der Waals surface area contributed by atoms with Crippen LogP contribution in [0.25, 0.3) is 11.3 Å². The third-order valence-electron chi connectivity index (χ3n) is 5.25. The van der Waals surface area contributed by atoms with Crippen molar-refractivity contribution >= 4 is 29.0 Å². The van der Waals surface area contributed by atoms with Crippen LogP contribution in [0.15, 0.2) is 60.9 Å². The highest BCUT2D eigenvalue weighted by atomic mass is 35.5. The van der Waals surface area contributed by atoms with Gasteiger partial charge in [-0.25, -0.2) is 4.98 Å². The molecule has 1 fully saturated rings. The Bertz CT molecular complexity index is 1020. The predicted octanol–water partition coefficient (Wildman–Crippen LogP) is 4.18. The number of aromatic nitrogens is 2. The number of carbonyl (C=O) groups is 1. The largest absolute Gasteiger partial charge is 0.379 e. The average Bonchev–Trinajstić information content (AvgIpc) is 2.84. The van der Waals surface area contributed by atoms with Gasteiger partial charge in [0.15, 0.2) is 0 Å². The summed E-state index contributed by atoms with van der Waals surface area (Å²) in [5, 5.41) is 6.79. The molecule has 166 valence electrons. The van der Waals surface area contributed by atoms with Crippen molar-refractivity contribution in [1.82, 2.24) is 14.9 Å². The maximum Gasteiger partial charge on any atom is 0.257 e. The third kappa shape index (κ3) is 6.03. The highest BCUT2D eigenvalue weighted by Crippen LogP contribution is 2.29. The van der Waals surface area contributed by atoms with E-state index in [1.165, 1.54) is 0 Å². The topological polar surface area (TPSA) is 79.4 Å². The summed E-state index contributed by atoms with van der Waals surface area (Å²) in [7, 11) is 0. The van der Waals surface area contributed by atoms with Crippen LogP contribution in [-0.4, -0.2) is 60.2 Å². The zero-order valence-corrected chi connectivity index (χ0v) is 18.5. The lowest BCUT2D eigenvalue weighted by molar-refractivity contribution is 0.0378. The van der Waals surface area contributed by atoms with Crippen molar-refractivity contribution in [1.29, 1.82) is 0 Å². The van der Waals surface area contributed by atoms with Crippen LogP contribution in [0.5, 0.6) is 0 Å². The number of morpholine rings is 1. The van der Waals surface area contributed by atoms with Gasteiger partial charge in [0.25, 0.3) is 5.91 Å². The molecule has 3 heterocycles. The van der Waals surface area contributed by atoms with E-state index in [2.05, 4.69) is 25.5 Å². The van der Waals surface area contributed by atoms with Gasteiger partial charge in [-0.3, -0.25) is 14.7 Å². The first-order valence-corrected chi connectivity index (χ1v) is 11.1. The van der Waals surface area contributed by atoms with Gasteiger partial charge in [-0.15, -0.1) is 0 Å². The van der Waals surface area contributed by atoms with Crippen LogP contribution in [0.3, 0.4) is 0 Å². The molecule has 1 aromatic carbocycles. The summed E-state index contributed by atoms with van der Waals surface area (Å²) in [6.07, 6.45) is 4.31. The molecule has 3 aromatic rings. The van der Waals surface area contributed by atoms with Gasteiger partial charge in [0, 0.05) is 43.3 Å². The van der Waals surface area contributed by atoms with E-state index in [-0.39, 0.29) is 5.91 Å². The Labute approximate surface area is 192 Å². The van der Waals surface area contributed by atoms with Gasteiger partial charge in [0.1, 0.15) is 5.82 Å². The summed E-state index contributed by atoms with van der Waals surface area (Å²) in [6, 6.07) is 14.6. The lowest BCUT2D eigenvalue weighted by Gasteiger charge is -2.26. The Kier molecular flexibility index (Phi) is 7.66. The number of hydrogen-bond donors (Lipinski definition) is 2.